The smallest absolute Gasteiger partial charge is 0.256 e. The molecule has 0 spiro atoms. The Bertz CT molecular complexity index is 547. The fraction of sp³-hybridized carbons (Fsp3) is 0.529. The first-order valence-electron chi connectivity index (χ1n) is 8.13. The quantitative estimate of drug-likeness (QED) is 0.850. The summed E-state index contributed by atoms with van der Waals surface area (Å²) in [5, 5.41) is 5.80. The largest absolute Gasteiger partial charge is 0.337 e. The van der Waals surface area contributed by atoms with Crippen LogP contribution in [0.2, 0.25) is 0 Å². The van der Waals surface area contributed by atoms with Crippen LogP contribution >= 0.6 is 0 Å². The van der Waals surface area contributed by atoms with Crippen LogP contribution in [0.5, 0.6) is 0 Å². The molecule has 0 radical (unpaired) electrons. The zero-order valence-electron chi connectivity index (χ0n) is 14.0. The SMILES string of the molecule is CNCCC(=O)Nc1ccccc1C(=O)N1CCCN(C)CC1. The van der Waals surface area contributed by atoms with Crippen molar-refractivity contribution in [1.82, 2.24) is 15.1 Å². The van der Waals surface area contributed by atoms with E-state index in [4.69, 9.17) is 0 Å². The van der Waals surface area contributed by atoms with Crippen LogP contribution in [0.1, 0.15) is 23.2 Å². The Morgan fingerprint density at radius 1 is 1.13 bits per heavy atom. The van der Waals surface area contributed by atoms with Gasteiger partial charge in [0.25, 0.3) is 5.91 Å². The van der Waals surface area contributed by atoms with Crippen molar-refractivity contribution in [2.45, 2.75) is 12.8 Å². The molecule has 0 aliphatic carbocycles. The number of benzene rings is 1. The van der Waals surface area contributed by atoms with Crippen molar-refractivity contribution in [3.05, 3.63) is 29.8 Å². The molecule has 0 saturated carbocycles. The Labute approximate surface area is 137 Å². The van der Waals surface area contributed by atoms with E-state index in [9.17, 15) is 9.59 Å². The van der Waals surface area contributed by atoms with Gasteiger partial charge in [0, 0.05) is 32.6 Å². The highest BCUT2D eigenvalue weighted by atomic mass is 16.2. The van der Waals surface area contributed by atoms with Crippen LogP contribution < -0.4 is 10.6 Å². The average molecular weight is 318 g/mol. The molecule has 0 bridgehead atoms. The van der Waals surface area contributed by atoms with Gasteiger partial charge in [-0.15, -0.1) is 0 Å². The van der Waals surface area contributed by atoms with Crippen molar-refractivity contribution in [3.8, 4) is 0 Å². The molecule has 1 aliphatic rings. The van der Waals surface area contributed by atoms with Gasteiger partial charge in [-0.3, -0.25) is 9.59 Å². The van der Waals surface area contributed by atoms with E-state index in [0.717, 1.165) is 32.6 Å². The molecule has 23 heavy (non-hydrogen) atoms. The van der Waals surface area contributed by atoms with Crippen molar-refractivity contribution in [2.24, 2.45) is 0 Å². The minimum atomic E-state index is -0.0878. The first-order chi connectivity index (χ1) is 11.1. The normalized spacial score (nSPS) is 16.0. The topological polar surface area (TPSA) is 64.7 Å². The predicted molar refractivity (Wildman–Crippen MR) is 91.6 cm³/mol. The predicted octanol–water partition coefficient (Wildman–Crippen LogP) is 1.01. The molecule has 6 heteroatoms. The third-order valence-corrected chi connectivity index (χ3v) is 4.04. The number of rotatable bonds is 5. The number of para-hydroxylation sites is 1. The van der Waals surface area contributed by atoms with Gasteiger partial charge in [-0.2, -0.15) is 0 Å². The number of carbonyl (C=O) groups is 2. The minimum Gasteiger partial charge on any atom is -0.337 e. The zero-order valence-corrected chi connectivity index (χ0v) is 14.0. The second-order valence-electron chi connectivity index (χ2n) is 5.90. The molecule has 0 aromatic heterocycles. The summed E-state index contributed by atoms with van der Waals surface area (Å²) in [4.78, 5) is 28.9. The van der Waals surface area contributed by atoms with E-state index >= 15 is 0 Å². The van der Waals surface area contributed by atoms with Gasteiger partial charge in [-0.05, 0) is 39.2 Å². The molecule has 1 aliphatic heterocycles. The molecule has 1 aromatic rings. The zero-order chi connectivity index (χ0) is 16.7. The van der Waals surface area contributed by atoms with E-state index in [1.165, 1.54) is 0 Å². The fourth-order valence-corrected chi connectivity index (χ4v) is 2.65. The van der Waals surface area contributed by atoms with Crippen LogP contribution in [0, 0.1) is 0 Å². The van der Waals surface area contributed by atoms with Crippen LogP contribution in [0.25, 0.3) is 0 Å². The average Bonchev–Trinajstić information content (AvgIpc) is 2.77. The summed E-state index contributed by atoms with van der Waals surface area (Å²) in [5.74, 6) is -0.0972. The highest BCUT2D eigenvalue weighted by molar-refractivity contribution is 6.03. The maximum absolute atomic E-state index is 12.8. The number of nitrogens with one attached hydrogen (secondary N) is 2. The number of anilines is 1. The summed E-state index contributed by atoms with van der Waals surface area (Å²) in [5.41, 5.74) is 1.16. The van der Waals surface area contributed by atoms with E-state index in [-0.39, 0.29) is 11.8 Å². The number of carbonyl (C=O) groups excluding carboxylic acids is 2. The van der Waals surface area contributed by atoms with Crippen molar-refractivity contribution in [3.63, 3.8) is 0 Å². The van der Waals surface area contributed by atoms with E-state index in [2.05, 4.69) is 22.6 Å². The Morgan fingerprint density at radius 2 is 1.91 bits per heavy atom. The van der Waals surface area contributed by atoms with Crippen molar-refractivity contribution >= 4 is 17.5 Å². The van der Waals surface area contributed by atoms with Gasteiger partial charge in [0.2, 0.25) is 5.91 Å². The second-order valence-corrected chi connectivity index (χ2v) is 5.90. The van der Waals surface area contributed by atoms with E-state index in [1.54, 1.807) is 19.2 Å². The molecule has 6 nitrogen and oxygen atoms in total. The lowest BCUT2D eigenvalue weighted by Gasteiger charge is -2.22. The molecule has 2 N–H and O–H groups in total. The van der Waals surface area contributed by atoms with E-state index < -0.39 is 0 Å². The Balaban J connectivity index is 2.09. The molecule has 2 amide bonds. The summed E-state index contributed by atoms with van der Waals surface area (Å²) in [7, 11) is 3.88. The van der Waals surface area contributed by atoms with Crippen LogP contribution in [0.15, 0.2) is 24.3 Å². The molecular formula is C17H26N4O2. The van der Waals surface area contributed by atoms with Gasteiger partial charge in [-0.1, -0.05) is 12.1 Å². The third-order valence-electron chi connectivity index (χ3n) is 4.04. The Hall–Kier alpha value is -1.92. The van der Waals surface area contributed by atoms with Gasteiger partial charge in [0.1, 0.15) is 0 Å². The molecular weight excluding hydrogens is 292 g/mol. The number of hydrogen-bond acceptors (Lipinski definition) is 4. The maximum Gasteiger partial charge on any atom is 0.256 e. The van der Waals surface area contributed by atoms with Crippen LogP contribution in [-0.2, 0) is 4.79 Å². The van der Waals surface area contributed by atoms with E-state index in [0.29, 0.717) is 24.2 Å². The third kappa shape index (κ3) is 5.04. The molecule has 0 unspecified atom stereocenters. The molecule has 1 aromatic carbocycles. The number of nitrogens with zero attached hydrogens (tertiary/aromatic N) is 2. The lowest BCUT2D eigenvalue weighted by atomic mass is 10.1. The lowest BCUT2D eigenvalue weighted by Crippen LogP contribution is -2.35. The van der Waals surface area contributed by atoms with Crippen LogP contribution in [-0.4, -0.2) is 68.4 Å². The summed E-state index contributed by atoms with van der Waals surface area (Å²) < 4.78 is 0. The monoisotopic (exact) mass is 318 g/mol. The van der Waals surface area contributed by atoms with E-state index in [1.807, 2.05) is 17.0 Å². The number of hydrogen-bond donors (Lipinski definition) is 2. The summed E-state index contributed by atoms with van der Waals surface area (Å²) >= 11 is 0. The highest BCUT2D eigenvalue weighted by Gasteiger charge is 2.21. The highest BCUT2D eigenvalue weighted by Crippen LogP contribution is 2.18. The molecule has 2 rings (SSSR count). The number of amides is 2. The molecule has 0 atom stereocenters. The number of likely N-dealkylation sites (N-methyl/N-ethyl adjacent to an activating group) is 1. The molecule has 126 valence electrons. The van der Waals surface area contributed by atoms with Crippen molar-refractivity contribution < 1.29 is 9.59 Å². The standard InChI is InChI=1S/C17H26N4O2/c1-18-9-8-16(22)19-15-7-4-3-6-14(15)17(23)21-11-5-10-20(2)12-13-21/h3-4,6-7,18H,5,8-13H2,1-2H3,(H,19,22). The summed E-state index contributed by atoms with van der Waals surface area (Å²) in [6.07, 6.45) is 1.35. The van der Waals surface area contributed by atoms with Gasteiger partial charge < -0.3 is 20.4 Å². The van der Waals surface area contributed by atoms with Crippen molar-refractivity contribution in [1.29, 1.82) is 0 Å². The first-order valence-corrected chi connectivity index (χ1v) is 8.13. The Morgan fingerprint density at radius 3 is 2.70 bits per heavy atom. The molecule has 1 fully saturated rings. The summed E-state index contributed by atoms with van der Waals surface area (Å²) in [6, 6.07) is 7.24. The summed E-state index contributed by atoms with van der Waals surface area (Å²) in [6.45, 7) is 3.97. The van der Waals surface area contributed by atoms with Gasteiger partial charge in [-0.25, -0.2) is 0 Å². The minimum absolute atomic E-state index is 0.00943. The first kappa shape index (κ1) is 17.4. The van der Waals surface area contributed by atoms with Crippen LogP contribution in [0.4, 0.5) is 5.69 Å². The van der Waals surface area contributed by atoms with Gasteiger partial charge >= 0.3 is 0 Å². The molecule has 1 saturated heterocycles. The van der Waals surface area contributed by atoms with Gasteiger partial charge in [0.15, 0.2) is 0 Å². The van der Waals surface area contributed by atoms with Crippen molar-refractivity contribution in [2.75, 3.05) is 52.1 Å². The fourth-order valence-electron chi connectivity index (χ4n) is 2.65. The van der Waals surface area contributed by atoms with Gasteiger partial charge in [0.05, 0.1) is 11.3 Å². The Kier molecular flexibility index (Phi) is 6.55. The molecule has 1 heterocycles. The van der Waals surface area contributed by atoms with Crippen LogP contribution in [0.3, 0.4) is 0 Å². The second kappa shape index (κ2) is 8.64. The lowest BCUT2D eigenvalue weighted by molar-refractivity contribution is -0.116. The maximum atomic E-state index is 12.8.